The van der Waals surface area contributed by atoms with Gasteiger partial charge in [-0.1, -0.05) is 26.7 Å². The maximum atomic E-state index is 12.1. The Morgan fingerprint density at radius 1 is 1.35 bits per heavy atom. The molecule has 3 atom stereocenters. The van der Waals surface area contributed by atoms with Crippen molar-refractivity contribution in [3.8, 4) is 0 Å². The average Bonchev–Trinajstić information content (AvgIpc) is 2.86. The van der Waals surface area contributed by atoms with E-state index >= 15 is 0 Å². The maximum absolute atomic E-state index is 12.1. The summed E-state index contributed by atoms with van der Waals surface area (Å²) < 4.78 is 5.51. The van der Waals surface area contributed by atoms with Gasteiger partial charge in [-0.05, 0) is 37.5 Å². The number of hydrogen-bond acceptors (Lipinski definition) is 3. The third-order valence-electron chi connectivity index (χ3n) is 4.40. The molecule has 2 N–H and O–H groups in total. The summed E-state index contributed by atoms with van der Waals surface area (Å²) in [4.78, 5) is 12.1. The predicted octanol–water partition coefficient (Wildman–Crippen LogP) is 2.09. The number of amides is 1. The molecule has 4 nitrogen and oxygen atoms in total. The standard InChI is InChI=1S/C16H30N2O2/c1-12(2)11-20-9-5-8-17-16(19)15-10-13-6-3-4-7-14(13)18-15/h12-15,18H,3-11H2,1-2H3,(H,17,19). The third kappa shape index (κ3) is 4.74. The topological polar surface area (TPSA) is 50.4 Å². The second-order valence-electron chi connectivity index (χ2n) is 6.72. The summed E-state index contributed by atoms with van der Waals surface area (Å²) in [6, 6.07) is 0.633. The number of nitrogens with one attached hydrogen (secondary N) is 2. The molecule has 4 heteroatoms. The Hall–Kier alpha value is -0.610. The highest BCUT2D eigenvalue weighted by molar-refractivity contribution is 5.82. The first-order valence-electron chi connectivity index (χ1n) is 8.28. The van der Waals surface area contributed by atoms with Crippen molar-refractivity contribution in [1.82, 2.24) is 10.6 Å². The van der Waals surface area contributed by atoms with Gasteiger partial charge >= 0.3 is 0 Å². The SMILES string of the molecule is CC(C)COCCCNC(=O)C1CC2CCCCC2N1. The summed E-state index contributed by atoms with van der Waals surface area (Å²) in [5.41, 5.74) is 0. The lowest BCUT2D eigenvalue weighted by atomic mass is 9.85. The molecule has 0 bridgehead atoms. The summed E-state index contributed by atoms with van der Waals surface area (Å²) in [5, 5.41) is 6.56. The zero-order valence-electron chi connectivity index (χ0n) is 13.0. The number of carbonyl (C=O) groups is 1. The molecule has 0 aromatic carbocycles. The van der Waals surface area contributed by atoms with Gasteiger partial charge in [0.15, 0.2) is 0 Å². The molecular weight excluding hydrogens is 252 g/mol. The molecule has 1 saturated carbocycles. The Balaban J connectivity index is 1.56. The largest absolute Gasteiger partial charge is 0.381 e. The first-order valence-corrected chi connectivity index (χ1v) is 8.28. The van der Waals surface area contributed by atoms with Crippen LogP contribution in [0.15, 0.2) is 0 Å². The van der Waals surface area contributed by atoms with E-state index in [9.17, 15) is 4.79 Å². The molecule has 2 rings (SSSR count). The van der Waals surface area contributed by atoms with Crippen LogP contribution in [0.25, 0.3) is 0 Å². The van der Waals surface area contributed by atoms with Crippen LogP contribution in [-0.2, 0) is 9.53 Å². The van der Waals surface area contributed by atoms with Crippen molar-refractivity contribution in [2.24, 2.45) is 11.8 Å². The van der Waals surface area contributed by atoms with Gasteiger partial charge in [-0.25, -0.2) is 0 Å². The fraction of sp³-hybridized carbons (Fsp3) is 0.938. The highest BCUT2D eigenvalue weighted by atomic mass is 16.5. The average molecular weight is 282 g/mol. The van der Waals surface area contributed by atoms with Gasteiger partial charge in [0, 0.05) is 25.8 Å². The molecule has 1 amide bonds. The van der Waals surface area contributed by atoms with E-state index in [0.29, 0.717) is 12.0 Å². The quantitative estimate of drug-likeness (QED) is 0.703. The second-order valence-corrected chi connectivity index (χ2v) is 6.72. The van der Waals surface area contributed by atoms with Crippen molar-refractivity contribution in [3.05, 3.63) is 0 Å². The van der Waals surface area contributed by atoms with Gasteiger partial charge in [0.25, 0.3) is 0 Å². The minimum absolute atomic E-state index is 0.0414. The normalized spacial score (nSPS) is 29.4. The molecule has 2 aliphatic rings. The molecule has 0 aromatic rings. The van der Waals surface area contributed by atoms with E-state index in [-0.39, 0.29) is 11.9 Å². The van der Waals surface area contributed by atoms with Crippen molar-refractivity contribution < 1.29 is 9.53 Å². The lowest BCUT2D eigenvalue weighted by molar-refractivity contribution is -0.122. The van der Waals surface area contributed by atoms with Crippen LogP contribution in [0.4, 0.5) is 0 Å². The fourth-order valence-electron chi connectivity index (χ4n) is 3.35. The zero-order chi connectivity index (χ0) is 14.4. The number of hydrogen-bond donors (Lipinski definition) is 2. The first-order chi connectivity index (χ1) is 9.66. The van der Waals surface area contributed by atoms with Crippen LogP contribution in [0.3, 0.4) is 0 Å². The van der Waals surface area contributed by atoms with Crippen molar-refractivity contribution in [3.63, 3.8) is 0 Å². The Bertz CT molecular complexity index is 293. The molecule has 1 heterocycles. The molecule has 116 valence electrons. The molecular formula is C16H30N2O2. The fourth-order valence-corrected chi connectivity index (χ4v) is 3.35. The van der Waals surface area contributed by atoms with Crippen LogP contribution in [0, 0.1) is 11.8 Å². The van der Waals surface area contributed by atoms with Crippen molar-refractivity contribution in [2.75, 3.05) is 19.8 Å². The highest BCUT2D eigenvalue weighted by Crippen LogP contribution is 2.33. The molecule has 2 fully saturated rings. The monoisotopic (exact) mass is 282 g/mol. The van der Waals surface area contributed by atoms with Crippen LogP contribution in [0.1, 0.15) is 52.4 Å². The van der Waals surface area contributed by atoms with E-state index in [4.69, 9.17) is 4.74 Å². The molecule has 0 spiro atoms. The predicted molar refractivity (Wildman–Crippen MR) is 80.6 cm³/mol. The molecule has 20 heavy (non-hydrogen) atoms. The molecule has 1 saturated heterocycles. The zero-order valence-corrected chi connectivity index (χ0v) is 13.0. The van der Waals surface area contributed by atoms with Gasteiger partial charge in [0.2, 0.25) is 5.91 Å². The van der Waals surface area contributed by atoms with Crippen LogP contribution in [0.2, 0.25) is 0 Å². The summed E-state index contributed by atoms with van der Waals surface area (Å²) in [5.74, 6) is 1.49. The number of carbonyl (C=O) groups excluding carboxylic acids is 1. The second kappa shape index (κ2) is 7.99. The minimum Gasteiger partial charge on any atom is -0.381 e. The highest BCUT2D eigenvalue weighted by Gasteiger charge is 2.37. The van der Waals surface area contributed by atoms with Crippen molar-refractivity contribution >= 4 is 5.91 Å². The lowest BCUT2D eigenvalue weighted by Crippen LogP contribution is -2.43. The van der Waals surface area contributed by atoms with Gasteiger partial charge in [0.05, 0.1) is 6.04 Å². The van der Waals surface area contributed by atoms with E-state index < -0.39 is 0 Å². The number of rotatable bonds is 7. The Morgan fingerprint density at radius 3 is 2.90 bits per heavy atom. The molecule has 3 unspecified atom stereocenters. The Kier molecular flexibility index (Phi) is 6.30. The molecule has 0 radical (unpaired) electrons. The van der Waals surface area contributed by atoms with Crippen LogP contribution in [0.5, 0.6) is 0 Å². The van der Waals surface area contributed by atoms with Gasteiger partial charge in [-0.15, -0.1) is 0 Å². The van der Waals surface area contributed by atoms with Crippen LogP contribution in [-0.4, -0.2) is 37.7 Å². The van der Waals surface area contributed by atoms with Crippen LogP contribution >= 0.6 is 0 Å². The van der Waals surface area contributed by atoms with Gasteiger partial charge < -0.3 is 15.4 Å². The molecule has 0 aromatic heterocycles. The summed E-state index contributed by atoms with van der Waals surface area (Å²) in [6.45, 7) is 6.56. The summed E-state index contributed by atoms with van der Waals surface area (Å²) in [7, 11) is 0. The van der Waals surface area contributed by atoms with Gasteiger partial charge in [0.1, 0.15) is 0 Å². The van der Waals surface area contributed by atoms with E-state index in [1.165, 1.54) is 25.7 Å². The summed E-state index contributed by atoms with van der Waals surface area (Å²) in [6.07, 6.45) is 7.13. The van der Waals surface area contributed by atoms with E-state index in [1.54, 1.807) is 0 Å². The molecule has 1 aliphatic heterocycles. The Morgan fingerprint density at radius 2 is 2.15 bits per heavy atom. The number of fused-ring (bicyclic) bond motifs is 1. The van der Waals surface area contributed by atoms with E-state index in [0.717, 1.165) is 38.5 Å². The van der Waals surface area contributed by atoms with Gasteiger partial charge in [-0.2, -0.15) is 0 Å². The van der Waals surface area contributed by atoms with E-state index in [2.05, 4.69) is 24.5 Å². The molecule has 1 aliphatic carbocycles. The van der Waals surface area contributed by atoms with Crippen molar-refractivity contribution in [1.29, 1.82) is 0 Å². The smallest absolute Gasteiger partial charge is 0.237 e. The first kappa shape index (κ1) is 15.8. The number of ether oxygens (including phenoxy) is 1. The summed E-state index contributed by atoms with van der Waals surface area (Å²) >= 11 is 0. The maximum Gasteiger partial charge on any atom is 0.237 e. The van der Waals surface area contributed by atoms with Crippen molar-refractivity contribution in [2.45, 2.75) is 64.5 Å². The third-order valence-corrected chi connectivity index (χ3v) is 4.40. The van der Waals surface area contributed by atoms with E-state index in [1.807, 2.05) is 0 Å². The van der Waals surface area contributed by atoms with Gasteiger partial charge in [-0.3, -0.25) is 4.79 Å². The van der Waals surface area contributed by atoms with Crippen LogP contribution < -0.4 is 10.6 Å². The Labute approximate surface area is 123 Å². The minimum atomic E-state index is 0.0414. The lowest BCUT2D eigenvalue weighted by Gasteiger charge is -2.24.